The minimum atomic E-state index is -0.0397. The van der Waals surface area contributed by atoms with Crippen LogP contribution in [0.15, 0.2) is 0 Å². The zero-order chi connectivity index (χ0) is 10.4. The Bertz CT molecular complexity index is 274. The Morgan fingerprint density at radius 3 is 3.07 bits per heavy atom. The Hall–Kier alpha value is -0.570. The van der Waals surface area contributed by atoms with E-state index < -0.39 is 0 Å². The molecule has 2 saturated carbocycles. The zero-order valence-electron chi connectivity index (χ0n) is 9.15. The first-order valence-electron chi connectivity index (χ1n) is 6.10. The summed E-state index contributed by atoms with van der Waals surface area (Å²) in [6.45, 7) is 2.90. The van der Waals surface area contributed by atoms with Gasteiger partial charge in [0.1, 0.15) is 6.10 Å². The zero-order valence-corrected chi connectivity index (χ0v) is 9.15. The summed E-state index contributed by atoms with van der Waals surface area (Å²) in [4.78, 5) is 11.5. The van der Waals surface area contributed by atoms with E-state index in [0.29, 0.717) is 18.3 Å². The summed E-state index contributed by atoms with van der Waals surface area (Å²) in [6.07, 6.45) is 4.16. The fourth-order valence-electron chi connectivity index (χ4n) is 3.61. The summed E-state index contributed by atoms with van der Waals surface area (Å²) in [5.41, 5.74) is 0. The molecule has 3 aliphatic rings. The van der Waals surface area contributed by atoms with Gasteiger partial charge >= 0.3 is 5.97 Å². The van der Waals surface area contributed by atoms with E-state index in [1.807, 2.05) is 6.92 Å². The van der Waals surface area contributed by atoms with Gasteiger partial charge in [0.25, 0.3) is 0 Å². The van der Waals surface area contributed by atoms with Crippen LogP contribution in [0.5, 0.6) is 0 Å². The number of carbonyl (C=O) groups excluding carboxylic acids is 1. The summed E-state index contributed by atoms with van der Waals surface area (Å²) in [7, 11) is 0. The molecule has 5 unspecified atom stereocenters. The molecular formula is C12H18O3. The Balaban J connectivity index is 1.66. The predicted molar refractivity (Wildman–Crippen MR) is 54.2 cm³/mol. The smallest absolute Gasteiger partial charge is 0.306 e. The number of hydrogen-bond donors (Lipinski definition) is 0. The number of rotatable bonds is 3. The van der Waals surface area contributed by atoms with Crippen LogP contribution in [0.1, 0.15) is 32.6 Å². The summed E-state index contributed by atoms with van der Waals surface area (Å²) in [5, 5.41) is 0. The lowest BCUT2D eigenvalue weighted by Crippen LogP contribution is -2.35. The topological polar surface area (TPSA) is 35.5 Å². The normalized spacial score (nSPS) is 46.1. The average Bonchev–Trinajstić information content (AvgIpc) is 2.77. The Kier molecular flexibility index (Phi) is 2.23. The van der Waals surface area contributed by atoms with Gasteiger partial charge in [-0.3, -0.25) is 4.79 Å². The first-order valence-corrected chi connectivity index (χ1v) is 6.10. The van der Waals surface area contributed by atoms with Gasteiger partial charge in [-0.2, -0.15) is 0 Å². The maximum Gasteiger partial charge on any atom is 0.306 e. The van der Waals surface area contributed by atoms with E-state index in [-0.39, 0.29) is 18.2 Å². The first kappa shape index (κ1) is 9.64. The highest BCUT2D eigenvalue weighted by Gasteiger charge is 2.58. The number of esters is 1. The summed E-state index contributed by atoms with van der Waals surface area (Å²) in [6, 6.07) is 0. The molecule has 0 amide bonds. The highest BCUT2D eigenvalue weighted by Crippen LogP contribution is 2.54. The molecule has 0 aromatic rings. The molecule has 3 heteroatoms. The maximum atomic E-state index is 11.5. The van der Waals surface area contributed by atoms with Crippen LogP contribution in [0.25, 0.3) is 0 Å². The molecule has 0 aromatic carbocycles. The number of ether oxygens (including phenoxy) is 2. The van der Waals surface area contributed by atoms with E-state index in [1.54, 1.807) is 0 Å². The van der Waals surface area contributed by atoms with Crippen molar-refractivity contribution < 1.29 is 14.3 Å². The van der Waals surface area contributed by atoms with Crippen molar-refractivity contribution in [3.63, 3.8) is 0 Å². The van der Waals surface area contributed by atoms with Gasteiger partial charge in [0.2, 0.25) is 0 Å². The van der Waals surface area contributed by atoms with E-state index in [9.17, 15) is 4.79 Å². The van der Waals surface area contributed by atoms with Gasteiger partial charge in [0.15, 0.2) is 0 Å². The van der Waals surface area contributed by atoms with Crippen LogP contribution in [-0.2, 0) is 14.3 Å². The van der Waals surface area contributed by atoms with Crippen LogP contribution in [0, 0.1) is 17.8 Å². The minimum absolute atomic E-state index is 0.0397. The molecule has 5 atom stereocenters. The third-order valence-electron chi connectivity index (χ3n) is 4.22. The molecular weight excluding hydrogens is 192 g/mol. The fourth-order valence-corrected chi connectivity index (χ4v) is 3.61. The molecule has 84 valence electrons. The number of fused-ring (bicyclic) bond motifs is 1. The average molecular weight is 210 g/mol. The van der Waals surface area contributed by atoms with E-state index in [2.05, 4.69) is 0 Å². The van der Waals surface area contributed by atoms with Crippen molar-refractivity contribution in [2.45, 2.75) is 44.8 Å². The lowest BCUT2D eigenvalue weighted by molar-refractivity contribution is -0.157. The first-order chi connectivity index (χ1) is 7.29. The van der Waals surface area contributed by atoms with E-state index in [0.717, 1.165) is 18.9 Å². The molecule has 0 N–H and O–H groups in total. The van der Waals surface area contributed by atoms with Crippen LogP contribution in [-0.4, -0.2) is 24.8 Å². The SMILES string of the molecule is CCCC(=O)OC1C2CC3COC1C3C2. The minimum Gasteiger partial charge on any atom is -0.459 e. The Morgan fingerprint density at radius 2 is 2.27 bits per heavy atom. The van der Waals surface area contributed by atoms with Gasteiger partial charge in [-0.1, -0.05) is 6.92 Å². The van der Waals surface area contributed by atoms with Crippen molar-refractivity contribution in [3.8, 4) is 0 Å². The van der Waals surface area contributed by atoms with Crippen LogP contribution in [0.2, 0.25) is 0 Å². The van der Waals surface area contributed by atoms with Crippen molar-refractivity contribution in [1.82, 2.24) is 0 Å². The molecule has 2 bridgehead atoms. The van der Waals surface area contributed by atoms with Crippen molar-refractivity contribution in [1.29, 1.82) is 0 Å². The van der Waals surface area contributed by atoms with Crippen LogP contribution < -0.4 is 0 Å². The van der Waals surface area contributed by atoms with Crippen molar-refractivity contribution in [2.24, 2.45) is 17.8 Å². The third kappa shape index (κ3) is 1.40. The fraction of sp³-hybridized carbons (Fsp3) is 0.917. The summed E-state index contributed by atoms with van der Waals surface area (Å²) < 4.78 is 11.3. The van der Waals surface area contributed by atoms with Crippen LogP contribution >= 0.6 is 0 Å². The molecule has 2 aliphatic carbocycles. The maximum absolute atomic E-state index is 11.5. The van der Waals surface area contributed by atoms with Crippen molar-refractivity contribution >= 4 is 5.97 Å². The van der Waals surface area contributed by atoms with E-state index in [4.69, 9.17) is 9.47 Å². The molecule has 1 aliphatic heterocycles. The quantitative estimate of drug-likeness (QED) is 0.666. The monoisotopic (exact) mass is 210 g/mol. The second kappa shape index (κ2) is 3.48. The van der Waals surface area contributed by atoms with Gasteiger partial charge in [0.05, 0.1) is 12.7 Å². The number of hydrogen-bond acceptors (Lipinski definition) is 3. The molecule has 3 rings (SSSR count). The van der Waals surface area contributed by atoms with Gasteiger partial charge in [-0.15, -0.1) is 0 Å². The van der Waals surface area contributed by atoms with Crippen LogP contribution in [0.4, 0.5) is 0 Å². The van der Waals surface area contributed by atoms with Gasteiger partial charge < -0.3 is 9.47 Å². The molecule has 0 radical (unpaired) electrons. The molecule has 15 heavy (non-hydrogen) atoms. The predicted octanol–water partition coefficient (Wildman–Crippen LogP) is 1.75. The van der Waals surface area contributed by atoms with Gasteiger partial charge in [0, 0.05) is 6.42 Å². The van der Waals surface area contributed by atoms with E-state index in [1.165, 1.54) is 12.8 Å². The molecule has 1 saturated heterocycles. The highest BCUT2D eigenvalue weighted by molar-refractivity contribution is 5.69. The summed E-state index contributed by atoms with van der Waals surface area (Å²) in [5.74, 6) is 2.01. The molecule has 0 aromatic heterocycles. The van der Waals surface area contributed by atoms with Crippen LogP contribution in [0.3, 0.4) is 0 Å². The van der Waals surface area contributed by atoms with Crippen molar-refractivity contribution in [3.05, 3.63) is 0 Å². The Labute approximate surface area is 90.1 Å². The highest BCUT2D eigenvalue weighted by atomic mass is 16.6. The van der Waals surface area contributed by atoms with E-state index >= 15 is 0 Å². The largest absolute Gasteiger partial charge is 0.459 e. The number of carbonyl (C=O) groups is 1. The molecule has 3 nitrogen and oxygen atoms in total. The second-order valence-electron chi connectivity index (χ2n) is 5.16. The second-order valence-corrected chi connectivity index (χ2v) is 5.16. The third-order valence-corrected chi connectivity index (χ3v) is 4.22. The van der Waals surface area contributed by atoms with Gasteiger partial charge in [-0.05, 0) is 37.0 Å². The standard InChI is InChI=1S/C12H18O3/c1-2-3-10(13)15-11-7-4-8-6-14-12(11)9(8)5-7/h7-9,11-12H,2-6H2,1H3. The Morgan fingerprint density at radius 1 is 1.40 bits per heavy atom. The summed E-state index contributed by atoms with van der Waals surface area (Å²) >= 11 is 0. The molecule has 1 heterocycles. The molecule has 0 spiro atoms. The van der Waals surface area contributed by atoms with Gasteiger partial charge in [-0.25, -0.2) is 0 Å². The lowest BCUT2D eigenvalue weighted by Gasteiger charge is -2.26. The molecule has 3 fully saturated rings. The lowest BCUT2D eigenvalue weighted by atomic mass is 9.88. The van der Waals surface area contributed by atoms with Crippen molar-refractivity contribution in [2.75, 3.05) is 6.61 Å².